The van der Waals surface area contributed by atoms with Gasteiger partial charge >= 0.3 is 0 Å². The van der Waals surface area contributed by atoms with Gasteiger partial charge < -0.3 is 11.5 Å². The average molecular weight is 250 g/mol. The van der Waals surface area contributed by atoms with Crippen molar-refractivity contribution in [3.05, 3.63) is 17.5 Å². The van der Waals surface area contributed by atoms with E-state index in [4.69, 9.17) is 11.5 Å². The first-order valence-corrected chi connectivity index (χ1v) is 6.53. The largest absolute Gasteiger partial charge is 0.368 e. The first-order valence-electron chi connectivity index (χ1n) is 6.53. The molecular weight excluding hydrogens is 228 g/mol. The summed E-state index contributed by atoms with van der Waals surface area (Å²) in [5.74, 6) is -0.183. The normalized spacial score (nSPS) is 27.6. The molecule has 1 amide bonds. The molecule has 1 aromatic heterocycles. The minimum absolute atomic E-state index is 0.180. The molecule has 1 heterocycles. The van der Waals surface area contributed by atoms with Crippen LogP contribution in [-0.4, -0.2) is 21.2 Å². The van der Waals surface area contributed by atoms with Crippen LogP contribution in [0.15, 0.2) is 6.07 Å². The number of amides is 1. The fourth-order valence-corrected chi connectivity index (χ4v) is 3.01. The predicted molar refractivity (Wildman–Crippen MR) is 69.8 cm³/mol. The second kappa shape index (κ2) is 4.72. The van der Waals surface area contributed by atoms with Crippen LogP contribution in [0.1, 0.15) is 37.1 Å². The molecule has 1 aromatic rings. The highest BCUT2D eigenvalue weighted by Gasteiger charge is 2.43. The van der Waals surface area contributed by atoms with Crippen LogP contribution in [0.4, 0.5) is 0 Å². The first-order chi connectivity index (χ1) is 8.43. The van der Waals surface area contributed by atoms with E-state index >= 15 is 0 Å². The average Bonchev–Trinajstić information content (AvgIpc) is 2.80. The van der Waals surface area contributed by atoms with Crippen molar-refractivity contribution in [3.63, 3.8) is 0 Å². The molecule has 0 bridgehead atoms. The van der Waals surface area contributed by atoms with Gasteiger partial charge in [0, 0.05) is 12.2 Å². The van der Waals surface area contributed by atoms with E-state index in [1.165, 1.54) is 0 Å². The highest BCUT2D eigenvalue weighted by molar-refractivity contribution is 5.85. The molecule has 0 aromatic carbocycles. The number of carbonyl (C=O) groups excluding carboxylic acids is 1. The van der Waals surface area contributed by atoms with Crippen molar-refractivity contribution in [2.45, 2.75) is 51.6 Å². The van der Waals surface area contributed by atoms with E-state index in [0.717, 1.165) is 37.2 Å². The van der Waals surface area contributed by atoms with Crippen LogP contribution in [-0.2, 0) is 11.3 Å². The first kappa shape index (κ1) is 13.1. The van der Waals surface area contributed by atoms with E-state index < -0.39 is 5.54 Å². The Morgan fingerprint density at radius 2 is 2.33 bits per heavy atom. The smallest absolute Gasteiger partial charge is 0.237 e. The van der Waals surface area contributed by atoms with Crippen LogP contribution in [0.2, 0.25) is 0 Å². The van der Waals surface area contributed by atoms with E-state index in [0.29, 0.717) is 6.42 Å². The van der Waals surface area contributed by atoms with Gasteiger partial charge in [0.05, 0.1) is 11.2 Å². The van der Waals surface area contributed by atoms with E-state index in [1.807, 2.05) is 18.5 Å². The van der Waals surface area contributed by atoms with E-state index in [2.05, 4.69) is 11.2 Å². The number of hydrogen-bond donors (Lipinski definition) is 2. The van der Waals surface area contributed by atoms with Crippen molar-refractivity contribution in [2.24, 2.45) is 17.4 Å². The third-order valence-corrected chi connectivity index (χ3v) is 4.12. The van der Waals surface area contributed by atoms with E-state index in [1.54, 1.807) is 0 Å². The van der Waals surface area contributed by atoms with Crippen molar-refractivity contribution in [1.29, 1.82) is 0 Å². The Morgan fingerprint density at radius 3 is 2.89 bits per heavy atom. The maximum Gasteiger partial charge on any atom is 0.237 e. The lowest BCUT2D eigenvalue weighted by molar-refractivity contribution is -0.124. The van der Waals surface area contributed by atoms with Crippen molar-refractivity contribution in [2.75, 3.05) is 0 Å². The number of rotatable bonds is 4. The number of nitrogens with two attached hydrogens (primary N) is 2. The summed E-state index contributed by atoms with van der Waals surface area (Å²) in [6, 6.07) is 2.05. The van der Waals surface area contributed by atoms with Crippen molar-refractivity contribution < 1.29 is 4.79 Å². The number of aryl methyl sites for hydroxylation is 3. The van der Waals surface area contributed by atoms with Gasteiger partial charge in [0.25, 0.3) is 0 Å². The van der Waals surface area contributed by atoms with Crippen LogP contribution in [0.5, 0.6) is 0 Å². The van der Waals surface area contributed by atoms with Crippen LogP contribution in [0, 0.1) is 19.8 Å². The SMILES string of the molecule is Cc1cc(C)n(CCC2CCCC2(N)C(N)=O)n1. The Balaban J connectivity index is 2.02. The monoisotopic (exact) mass is 250 g/mol. The zero-order valence-corrected chi connectivity index (χ0v) is 11.1. The van der Waals surface area contributed by atoms with Gasteiger partial charge in [-0.05, 0) is 45.1 Å². The fourth-order valence-electron chi connectivity index (χ4n) is 3.01. The summed E-state index contributed by atoms with van der Waals surface area (Å²) in [4.78, 5) is 11.5. The molecule has 2 rings (SSSR count). The molecule has 100 valence electrons. The van der Waals surface area contributed by atoms with Gasteiger partial charge in [-0.25, -0.2) is 0 Å². The molecule has 5 heteroatoms. The number of hydrogen-bond acceptors (Lipinski definition) is 3. The standard InChI is InChI=1S/C13H22N4O/c1-9-8-10(2)17(16-9)7-5-11-4-3-6-13(11,15)12(14)18/h8,11H,3-7,15H2,1-2H3,(H2,14,18). The topological polar surface area (TPSA) is 86.9 Å². The molecule has 4 N–H and O–H groups in total. The Hall–Kier alpha value is -1.36. The highest BCUT2D eigenvalue weighted by atomic mass is 16.1. The van der Waals surface area contributed by atoms with Gasteiger partial charge in [-0.3, -0.25) is 9.48 Å². The summed E-state index contributed by atoms with van der Waals surface area (Å²) < 4.78 is 1.98. The second-order valence-corrected chi connectivity index (χ2v) is 5.43. The molecule has 1 saturated carbocycles. The third-order valence-electron chi connectivity index (χ3n) is 4.12. The summed E-state index contributed by atoms with van der Waals surface area (Å²) in [5, 5.41) is 4.42. The highest BCUT2D eigenvalue weighted by Crippen LogP contribution is 2.36. The minimum Gasteiger partial charge on any atom is -0.368 e. The Labute approximate surface area is 108 Å². The Morgan fingerprint density at radius 1 is 1.61 bits per heavy atom. The summed E-state index contributed by atoms with van der Waals surface area (Å²) >= 11 is 0. The van der Waals surface area contributed by atoms with Gasteiger partial charge in [-0.2, -0.15) is 5.10 Å². The lowest BCUT2D eigenvalue weighted by atomic mass is 9.85. The molecule has 0 aliphatic heterocycles. The molecule has 0 spiro atoms. The van der Waals surface area contributed by atoms with Gasteiger partial charge in [0.2, 0.25) is 5.91 Å². The van der Waals surface area contributed by atoms with Gasteiger partial charge in [0.1, 0.15) is 0 Å². The third kappa shape index (κ3) is 2.27. The second-order valence-electron chi connectivity index (χ2n) is 5.43. The maximum absolute atomic E-state index is 11.5. The van der Waals surface area contributed by atoms with E-state index in [9.17, 15) is 4.79 Å². The zero-order chi connectivity index (χ0) is 13.3. The molecule has 2 unspecified atom stereocenters. The van der Waals surface area contributed by atoms with Crippen molar-refractivity contribution in [3.8, 4) is 0 Å². The molecule has 18 heavy (non-hydrogen) atoms. The van der Waals surface area contributed by atoms with Crippen LogP contribution < -0.4 is 11.5 Å². The van der Waals surface area contributed by atoms with Crippen molar-refractivity contribution >= 4 is 5.91 Å². The zero-order valence-electron chi connectivity index (χ0n) is 11.1. The van der Waals surface area contributed by atoms with E-state index in [-0.39, 0.29) is 11.8 Å². The number of carbonyl (C=O) groups is 1. The molecule has 0 radical (unpaired) electrons. The number of nitrogens with zero attached hydrogens (tertiary/aromatic N) is 2. The molecule has 0 saturated heterocycles. The molecule has 1 aliphatic carbocycles. The lowest BCUT2D eigenvalue weighted by Gasteiger charge is -2.28. The molecular formula is C13H22N4O. The summed E-state index contributed by atoms with van der Waals surface area (Å²) in [6.07, 6.45) is 3.55. The van der Waals surface area contributed by atoms with Gasteiger partial charge in [0.15, 0.2) is 0 Å². The Kier molecular flexibility index (Phi) is 3.43. The molecule has 1 aliphatic rings. The summed E-state index contributed by atoms with van der Waals surface area (Å²) in [5.41, 5.74) is 12.9. The van der Waals surface area contributed by atoms with Crippen LogP contribution in [0.25, 0.3) is 0 Å². The lowest BCUT2D eigenvalue weighted by Crippen LogP contribution is -2.54. The molecule has 2 atom stereocenters. The minimum atomic E-state index is -0.809. The Bertz CT molecular complexity index is 454. The predicted octanol–water partition coefficient (Wildman–Crippen LogP) is 0.873. The molecule has 1 fully saturated rings. The van der Waals surface area contributed by atoms with Crippen LogP contribution >= 0.6 is 0 Å². The van der Waals surface area contributed by atoms with Gasteiger partial charge in [-0.1, -0.05) is 6.42 Å². The van der Waals surface area contributed by atoms with Gasteiger partial charge in [-0.15, -0.1) is 0 Å². The molecule has 5 nitrogen and oxygen atoms in total. The number of aromatic nitrogens is 2. The summed E-state index contributed by atoms with van der Waals surface area (Å²) in [7, 11) is 0. The fraction of sp³-hybridized carbons (Fsp3) is 0.692. The number of primary amides is 1. The van der Waals surface area contributed by atoms with Crippen molar-refractivity contribution in [1.82, 2.24) is 9.78 Å². The summed E-state index contributed by atoms with van der Waals surface area (Å²) in [6.45, 7) is 4.82. The van der Waals surface area contributed by atoms with Crippen LogP contribution in [0.3, 0.4) is 0 Å². The maximum atomic E-state index is 11.5. The quantitative estimate of drug-likeness (QED) is 0.831.